The lowest BCUT2D eigenvalue weighted by molar-refractivity contribution is 0.891. The Morgan fingerprint density at radius 2 is 2.08 bits per heavy atom. The van der Waals surface area contributed by atoms with Crippen LogP contribution in [-0.4, -0.2) is 13.9 Å². The predicted molar refractivity (Wildman–Crippen MR) is 50.6 cm³/mol. The zero-order valence-corrected chi connectivity index (χ0v) is 7.78. The quantitative estimate of drug-likeness (QED) is 0.676. The summed E-state index contributed by atoms with van der Waals surface area (Å²) in [5.41, 5.74) is 0.913. The van der Waals surface area contributed by atoms with Gasteiger partial charge in [0.25, 0.3) is 0 Å². The first-order valence-electron chi connectivity index (χ1n) is 3.72. The van der Waals surface area contributed by atoms with Gasteiger partial charge in [0.2, 0.25) is 0 Å². The molecule has 0 aromatic carbocycles. The maximum Gasteiger partial charge on any atom is 0.326 e. The van der Waals surface area contributed by atoms with Gasteiger partial charge in [0, 0.05) is 36.5 Å². The molecule has 5 heteroatoms. The molecule has 0 atom stereocenters. The number of hydrogen-bond donors (Lipinski definition) is 0. The number of pyridine rings is 1. The highest BCUT2D eigenvalue weighted by atomic mass is 32.1. The molecule has 0 saturated carbocycles. The molecule has 0 spiro atoms. The van der Waals surface area contributed by atoms with E-state index in [0.717, 1.165) is 17.1 Å². The van der Waals surface area contributed by atoms with Gasteiger partial charge in [-0.25, -0.2) is 0 Å². The van der Waals surface area contributed by atoms with Crippen molar-refractivity contribution in [3.05, 3.63) is 34.2 Å². The van der Waals surface area contributed by atoms with Crippen molar-refractivity contribution in [1.29, 1.82) is 0 Å². The second-order valence-corrected chi connectivity index (χ2v) is 3.28. The van der Waals surface area contributed by atoms with Crippen molar-refractivity contribution < 1.29 is 0 Å². The van der Waals surface area contributed by atoms with Crippen LogP contribution >= 0.6 is 11.5 Å². The molecule has 0 amide bonds. The number of rotatable bonds is 1. The van der Waals surface area contributed by atoms with E-state index in [-0.39, 0.29) is 4.87 Å². The highest BCUT2D eigenvalue weighted by molar-refractivity contribution is 7.03. The fraction of sp³-hybridized carbons (Fsp3) is 0.125. The van der Waals surface area contributed by atoms with E-state index in [1.165, 1.54) is 4.57 Å². The third kappa shape index (κ3) is 1.38. The Balaban J connectivity index is 2.60. The summed E-state index contributed by atoms with van der Waals surface area (Å²) in [5, 5.41) is 0. The molecule has 2 heterocycles. The smallest absolute Gasteiger partial charge is 0.285 e. The standard InChI is InChI=1S/C8H7N3OS/c1-11-7(10-13-8(11)12)6-2-4-9-5-3-6/h2-5H,1H3. The van der Waals surface area contributed by atoms with Crippen LogP contribution < -0.4 is 4.87 Å². The van der Waals surface area contributed by atoms with E-state index in [1.54, 1.807) is 19.4 Å². The Morgan fingerprint density at radius 1 is 1.38 bits per heavy atom. The molecule has 0 radical (unpaired) electrons. The molecule has 2 aromatic heterocycles. The second-order valence-electron chi connectivity index (χ2n) is 2.57. The Kier molecular flexibility index (Phi) is 1.94. The molecule has 0 bridgehead atoms. The van der Waals surface area contributed by atoms with E-state index in [4.69, 9.17) is 0 Å². The number of aromatic nitrogens is 3. The van der Waals surface area contributed by atoms with Crippen LogP contribution in [0.1, 0.15) is 0 Å². The van der Waals surface area contributed by atoms with Crippen LogP contribution in [0, 0.1) is 0 Å². The average molecular weight is 193 g/mol. The largest absolute Gasteiger partial charge is 0.326 e. The van der Waals surface area contributed by atoms with E-state index in [1.807, 2.05) is 12.1 Å². The minimum atomic E-state index is -0.0492. The van der Waals surface area contributed by atoms with Crippen LogP contribution in [0.3, 0.4) is 0 Å². The predicted octanol–water partition coefficient (Wildman–Crippen LogP) is 0.904. The van der Waals surface area contributed by atoms with E-state index in [2.05, 4.69) is 9.36 Å². The monoisotopic (exact) mass is 193 g/mol. The van der Waals surface area contributed by atoms with Crippen LogP contribution in [0.4, 0.5) is 0 Å². The highest BCUT2D eigenvalue weighted by Gasteiger charge is 2.05. The van der Waals surface area contributed by atoms with Crippen molar-refractivity contribution in [1.82, 2.24) is 13.9 Å². The summed E-state index contributed by atoms with van der Waals surface area (Å²) in [6, 6.07) is 3.66. The third-order valence-electron chi connectivity index (χ3n) is 1.74. The first kappa shape index (κ1) is 8.12. The average Bonchev–Trinajstić information content (AvgIpc) is 2.49. The maximum atomic E-state index is 11.1. The van der Waals surface area contributed by atoms with Crippen molar-refractivity contribution in [2.45, 2.75) is 0 Å². The molecule has 0 aliphatic heterocycles. The van der Waals surface area contributed by atoms with Gasteiger partial charge in [-0.2, -0.15) is 4.37 Å². The molecule has 13 heavy (non-hydrogen) atoms. The molecule has 0 unspecified atom stereocenters. The summed E-state index contributed by atoms with van der Waals surface area (Å²) < 4.78 is 5.58. The van der Waals surface area contributed by atoms with Crippen molar-refractivity contribution in [2.24, 2.45) is 7.05 Å². The lowest BCUT2D eigenvalue weighted by atomic mass is 10.2. The fourth-order valence-electron chi connectivity index (χ4n) is 1.04. The molecule has 0 aliphatic carbocycles. The van der Waals surface area contributed by atoms with Crippen LogP contribution in [-0.2, 0) is 7.05 Å². The zero-order valence-electron chi connectivity index (χ0n) is 6.97. The van der Waals surface area contributed by atoms with E-state index in [0.29, 0.717) is 5.82 Å². The molecule has 2 aromatic rings. The van der Waals surface area contributed by atoms with Gasteiger partial charge >= 0.3 is 4.87 Å². The minimum Gasteiger partial charge on any atom is -0.285 e. The summed E-state index contributed by atoms with van der Waals surface area (Å²) >= 11 is 0.963. The molecular formula is C8H7N3OS. The Labute approximate surface area is 78.7 Å². The first-order valence-corrected chi connectivity index (χ1v) is 4.49. The lowest BCUT2D eigenvalue weighted by Crippen LogP contribution is -2.08. The van der Waals surface area contributed by atoms with Gasteiger partial charge in [-0.15, -0.1) is 0 Å². The van der Waals surface area contributed by atoms with Crippen LogP contribution in [0.5, 0.6) is 0 Å². The van der Waals surface area contributed by atoms with Crippen molar-refractivity contribution in [3.63, 3.8) is 0 Å². The third-order valence-corrected chi connectivity index (χ3v) is 2.43. The molecule has 0 saturated heterocycles. The Hall–Kier alpha value is -1.49. The first-order chi connectivity index (χ1) is 6.29. The summed E-state index contributed by atoms with van der Waals surface area (Å²) in [5.74, 6) is 0.692. The van der Waals surface area contributed by atoms with E-state index in [9.17, 15) is 4.79 Å². The van der Waals surface area contributed by atoms with E-state index >= 15 is 0 Å². The fourth-order valence-corrected chi connectivity index (χ4v) is 1.64. The highest BCUT2D eigenvalue weighted by Crippen LogP contribution is 2.13. The molecule has 0 aliphatic rings. The van der Waals surface area contributed by atoms with E-state index < -0.39 is 0 Å². The van der Waals surface area contributed by atoms with Gasteiger partial charge < -0.3 is 0 Å². The Morgan fingerprint density at radius 3 is 2.62 bits per heavy atom. The summed E-state index contributed by atoms with van der Waals surface area (Å²) in [7, 11) is 1.71. The molecular weight excluding hydrogens is 186 g/mol. The van der Waals surface area contributed by atoms with Gasteiger partial charge in [0.15, 0.2) is 5.82 Å². The lowest BCUT2D eigenvalue weighted by Gasteiger charge is -1.97. The molecule has 2 rings (SSSR count). The maximum absolute atomic E-state index is 11.1. The van der Waals surface area contributed by atoms with Gasteiger partial charge in [0.05, 0.1) is 0 Å². The zero-order chi connectivity index (χ0) is 9.26. The SMILES string of the molecule is Cn1c(-c2ccncc2)nsc1=O. The van der Waals surface area contributed by atoms with Crippen molar-refractivity contribution in [3.8, 4) is 11.4 Å². The summed E-state index contributed by atoms with van der Waals surface area (Å²) in [6.45, 7) is 0. The second kappa shape index (κ2) is 3.10. The summed E-state index contributed by atoms with van der Waals surface area (Å²) in [4.78, 5) is 15.0. The summed E-state index contributed by atoms with van der Waals surface area (Å²) in [6.07, 6.45) is 3.36. The van der Waals surface area contributed by atoms with Gasteiger partial charge in [-0.3, -0.25) is 14.3 Å². The molecule has 4 nitrogen and oxygen atoms in total. The van der Waals surface area contributed by atoms with Crippen LogP contribution in [0.15, 0.2) is 29.3 Å². The van der Waals surface area contributed by atoms with Crippen LogP contribution in [0.2, 0.25) is 0 Å². The number of hydrogen-bond acceptors (Lipinski definition) is 4. The topological polar surface area (TPSA) is 47.8 Å². The van der Waals surface area contributed by atoms with Gasteiger partial charge in [0.1, 0.15) is 0 Å². The molecule has 0 N–H and O–H groups in total. The van der Waals surface area contributed by atoms with Gasteiger partial charge in [-0.1, -0.05) is 0 Å². The minimum absolute atomic E-state index is 0.0492. The van der Waals surface area contributed by atoms with Crippen molar-refractivity contribution in [2.75, 3.05) is 0 Å². The Bertz CT molecular complexity index is 460. The molecule has 0 fully saturated rings. The van der Waals surface area contributed by atoms with Gasteiger partial charge in [-0.05, 0) is 12.1 Å². The van der Waals surface area contributed by atoms with Crippen molar-refractivity contribution >= 4 is 11.5 Å². The number of nitrogens with zero attached hydrogens (tertiary/aromatic N) is 3. The normalized spacial score (nSPS) is 10.2. The molecule has 66 valence electrons. The van der Waals surface area contributed by atoms with Crippen LogP contribution in [0.25, 0.3) is 11.4 Å².